The van der Waals surface area contributed by atoms with Crippen LogP contribution in [0, 0.1) is 0 Å². The van der Waals surface area contributed by atoms with E-state index < -0.39 is 17.2 Å². The molecular formula is C39H31N3O2S2. The highest BCUT2D eigenvalue weighted by atomic mass is 32.1. The first-order chi connectivity index (χ1) is 22.2. The molecule has 0 spiro atoms. The molecule has 3 aliphatic rings. The number of carbonyl (C=O) groups excluding carboxylic acids is 2. The highest BCUT2D eigenvalue weighted by molar-refractivity contribution is 7.80. The van der Waals surface area contributed by atoms with Crippen molar-refractivity contribution in [2.45, 2.75) is 24.7 Å². The van der Waals surface area contributed by atoms with Gasteiger partial charge in [0.25, 0.3) is 11.8 Å². The van der Waals surface area contributed by atoms with Crippen molar-refractivity contribution < 1.29 is 9.59 Å². The number of amides is 2. The van der Waals surface area contributed by atoms with Crippen LogP contribution in [-0.4, -0.2) is 40.8 Å². The lowest BCUT2D eigenvalue weighted by atomic mass is 9.61. The third kappa shape index (κ3) is 3.70. The molecule has 2 amide bonds. The van der Waals surface area contributed by atoms with Gasteiger partial charge in [0.05, 0.1) is 16.8 Å². The van der Waals surface area contributed by atoms with Crippen molar-refractivity contribution in [1.29, 1.82) is 0 Å². The average molecular weight is 638 g/mol. The first-order valence-electron chi connectivity index (χ1n) is 15.3. The van der Waals surface area contributed by atoms with E-state index in [1.807, 2.05) is 0 Å². The molecule has 46 heavy (non-hydrogen) atoms. The van der Waals surface area contributed by atoms with Crippen molar-refractivity contribution in [3.05, 3.63) is 153 Å². The summed E-state index contributed by atoms with van der Waals surface area (Å²) in [5.41, 5.74) is 8.63. The Morgan fingerprint density at radius 3 is 1.85 bits per heavy atom. The van der Waals surface area contributed by atoms with Crippen LogP contribution < -0.4 is 4.90 Å². The van der Waals surface area contributed by atoms with Crippen molar-refractivity contribution in [3.63, 3.8) is 0 Å². The van der Waals surface area contributed by atoms with Crippen LogP contribution in [0.4, 0.5) is 16.4 Å². The standard InChI is InChI=1S/C39H31N3O2S2/c1-38(2)28-18-11-12-21-32(28)42-33-29(38)19-13-20-30(33)39(24-14-7-5-8-15-24,25-16-9-6-10-17-25)31-23-26(46-36(31)42)22-27-34(43)40(3)37(45)41(4)35(27)44/h5-23H,1-4H3. The van der Waals surface area contributed by atoms with Crippen molar-refractivity contribution in [2.75, 3.05) is 19.0 Å². The minimum absolute atomic E-state index is 0.0978. The molecule has 0 unspecified atom stereocenters. The Morgan fingerprint density at radius 2 is 1.22 bits per heavy atom. The number of anilines is 3. The topological polar surface area (TPSA) is 43.9 Å². The molecule has 0 saturated carbocycles. The maximum atomic E-state index is 13.4. The molecule has 5 aromatic rings. The molecule has 1 aromatic heterocycles. The van der Waals surface area contributed by atoms with Crippen LogP contribution in [0.3, 0.4) is 0 Å². The normalized spacial score (nSPS) is 17.4. The van der Waals surface area contributed by atoms with E-state index >= 15 is 0 Å². The van der Waals surface area contributed by atoms with Crippen molar-refractivity contribution in [1.82, 2.24) is 9.80 Å². The largest absolute Gasteiger partial charge is 0.301 e. The summed E-state index contributed by atoms with van der Waals surface area (Å²) in [7, 11) is 3.22. The summed E-state index contributed by atoms with van der Waals surface area (Å²) < 4.78 is 0. The minimum atomic E-state index is -0.662. The molecule has 3 aliphatic heterocycles. The molecule has 0 atom stereocenters. The van der Waals surface area contributed by atoms with Crippen LogP contribution in [0.25, 0.3) is 6.08 Å². The summed E-state index contributed by atoms with van der Waals surface area (Å²) in [6, 6.07) is 38.9. The highest BCUT2D eigenvalue weighted by Crippen LogP contribution is 2.64. The molecular weight excluding hydrogens is 607 g/mol. The van der Waals surface area contributed by atoms with Crippen LogP contribution in [0.5, 0.6) is 0 Å². The first-order valence-corrected chi connectivity index (χ1v) is 16.5. The van der Waals surface area contributed by atoms with Gasteiger partial charge >= 0.3 is 0 Å². The molecule has 7 heteroatoms. The second-order valence-electron chi connectivity index (χ2n) is 12.6. The second-order valence-corrected chi connectivity index (χ2v) is 14.0. The van der Waals surface area contributed by atoms with Gasteiger partial charge in [0.2, 0.25) is 0 Å². The molecule has 0 N–H and O–H groups in total. The van der Waals surface area contributed by atoms with Gasteiger partial charge in [0.15, 0.2) is 5.11 Å². The summed E-state index contributed by atoms with van der Waals surface area (Å²) in [5.74, 6) is -0.792. The Labute approximate surface area is 278 Å². The summed E-state index contributed by atoms with van der Waals surface area (Å²) in [4.78, 5) is 32.8. The van der Waals surface area contributed by atoms with Gasteiger partial charge in [0, 0.05) is 30.0 Å². The number of para-hydroxylation sites is 2. The van der Waals surface area contributed by atoms with Crippen molar-refractivity contribution in [2.24, 2.45) is 0 Å². The summed E-state index contributed by atoms with van der Waals surface area (Å²) in [6.07, 6.45) is 1.74. The molecule has 5 nitrogen and oxygen atoms in total. The van der Waals surface area contributed by atoms with Crippen LogP contribution >= 0.6 is 23.6 Å². The minimum Gasteiger partial charge on any atom is -0.301 e. The predicted molar refractivity (Wildman–Crippen MR) is 189 cm³/mol. The molecule has 4 heterocycles. The predicted octanol–water partition coefficient (Wildman–Crippen LogP) is 8.15. The average Bonchev–Trinajstić information content (AvgIpc) is 3.51. The molecule has 226 valence electrons. The molecule has 8 rings (SSSR count). The zero-order valence-electron chi connectivity index (χ0n) is 25.9. The lowest BCUT2D eigenvalue weighted by Gasteiger charge is -2.50. The van der Waals surface area contributed by atoms with Gasteiger partial charge < -0.3 is 4.90 Å². The fourth-order valence-electron chi connectivity index (χ4n) is 7.60. The summed E-state index contributed by atoms with van der Waals surface area (Å²) in [5, 5.41) is 1.26. The number of thiocarbonyl (C=S) groups is 1. The Kier molecular flexibility index (Phi) is 6.27. The van der Waals surface area contributed by atoms with Crippen LogP contribution in [0.1, 0.15) is 52.1 Å². The number of benzene rings is 4. The molecule has 1 saturated heterocycles. The monoisotopic (exact) mass is 637 g/mol. The van der Waals surface area contributed by atoms with Crippen LogP contribution in [0.2, 0.25) is 0 Å². The maximum Gasteiger partial charge on any atom is 0.265 e. The van der Waals surface area contributed by atoms with Gasteiger partial charge in [-0.25, -0.2) is 0 Å². The molecule has 4 aromatic carbocycles. The molecule has 1 fully saturated rings. The van der Waals surface area contributed by atoms with Crippen molar-refractivity contribution >= 4 is 62.9 Å². The van der Waals surface area contributed by atoms with E-state index in [-0.39, 0.29) is 16.1 Å². The third-order valence-electron chi connectivity index (χ3n) is 9.84. The van der Waals surface area contributed by atoms with E-state index in [1.165, 1.54) is 32.2 Å². The SMILES string of the molecule is CN1C(=O)C(=Cc2cc3c(s2)N2c4ccccc4C(C)(C)c4cccc(c42)C3(c2ccccc2)c2ccccc2)C(=O)N(C)C1=S. The number of fused-ring (bicyclic) bond motifs is 4. The third-order valence-corrected chi connectivity index (χ3v) is 11.5. The van der Waals surface area contributed by atoms with E-state index in [9.17, 15) is 9.59 Å². The lowest BCUT2D eigenvalue weighted by molar-refractivity contribution is -0.132. The Hall–Kier alpha value is -4.85. The van der Waals surface area contributed by atoms with Gasteiger partial charge in [0.1, 0.15) is 10.6 Å². The first kappa shape index (κ1) is 28.6. The van der Waals surface area contributed by atoms with Crippen LogP contribution in [-0.2, 0) is 20.4 Å². The number of thiophene rings is 1. The number of rotatable bonds is 3. The van der Waals surface area contributed by atoms with Gasteiger partial charge in [-0.2, -0.15) is 0 Å². The van der Waals surface area contributed by atoms with Gasteiger partial charge in [-0.05, 0) is 58.2 Å². The Morgan fingerprint density at radius 1 is 0.674 bits per heavy atom. The number of carbonyl (C=O) groups is 2. The second kappa shape index (κ2) is 10.1. The van der Waals surface area contributed by atoms with Gasteiger partial charge in [-0.3, -0.25) is 19.4 Å². The molecule has 0 bridgehead atoms. The summed E-state index contributed by atoms with van der Waals surface area (Å²) >= 11 is 6.96. The number of likely N-dealkylation sites (N-methyl/N-ethyl adjacent to an activating group) is 2. The highest BCUT2D eigenvalue weighted by Gasteiger charge is 2.51. The zero-order valence-corrected chi connectivity index (χ0v) is 27.6. The van der Waals surface area contributed by atoms with Gasteiger partial charge in [-0.1, -0.05) is 111 Å². The van der Waals surface area contributed by atoms with Crippen molar-refractivity contribution in [3.8, 4) is 0 Å². The maximum absolute atomic E-state index is 13.4. The van der Waals surface area contributed by atoms with E-state index in [0.29, 0.717) is 0 Å². The molecule has 0 aliphatic carbocycles. The Balaban J connectivity index is 1.50. The summed E-state index contributed by atoms with van der Waals surface area (Å²) in [6.45, 7) is 4.62. The number of nitrogens with zero attached hydrogens (tertiary/aromatic N) is 3. The van der Waals surface area contributed by atoms with E-state index in [4.69, 9.17) is 12.2 Å². The zero-order chi connectivity index (χ0) is 32.0. The van der Waals surface area contributed by atoms with E-state index in [0.717, 1.165) is 32.3 Å². The van der Waals surface area contributed by atoms with E-state index in [2.05, 4.69) is 128 Å². The fraction of sp³-hybridized carbons (Fsp3) is 0.154. The smallest absolute Gasteiger partial charge is 0.265 e. The lowest BCUT2D eigenvalue weighted by Crippen LogP contribution is -2.52. The Bertz CT molecular complexity index is 2070. The van der Waals surface area contributed by atoms with Crippen LogP contribution in [0.15, 0.2) is 115 Å². The number of hydrogen-bond acceptors (Lipinski definition) is 5. The fourth-order valence-corrected chi connectivity index (χ4v) is 8.94. The number of hydrogen-bond donors (Lipinski definition) is 0. The van der Waals surface area contributed by atoms with E-state index in [1.54, 1.807) is 31.5 Å². The van der Waals surface area contributed by atoms with Gasteiger partial charge in [-0.15, -0.1) is 11.3 Å². The quantitative estimate of drug-likeness (QED) is 0.112. The molecule has 0 radical (unpaired) electrons.